The molecule has 4 heteroatoms. The third kappa shape index (κ3) is 8.44. The summed E-state index contributed by atoms with van der Waals surface area (Å²) in [4.78, 5) is 4.94. The van der Waals surface area contributed by atoms with Crippen LogP contribution in [-0.2, 0) is 0 Å². The smallest absolute Gasteiger partial charge is 0.181 e. The van der Waals surface area contributed by atoms with E-state index in [4.69, 9.17) is 10.2 Å². The molecule has 0 atom stereocenters. The Morgan fingerprint density at radius 3 is 2.42 bits per heavy atom. The number of rotatable bonds is 4. The van der Waals surface area contributed by atoms with E-state index < -0.39 is 0 Å². The molecule has 2 N–H and O–H groups in total. The first-order chi connectivity index (χ1) is 11.6. The van der Waals surface area contributed by atoms with Gasteiger partial charge in [-0.25, -0.2) is 4.98 Å². The monoisotopic (exact) mass is 344 g/mol. The zero-order valence-corrected chi connectivity index (χ0v) is 16.1. The zero-order valence-electron chi connectivity index (χ0n) is 15.2. The first kappa shape index (κ1) is 21.8. The Kier molecular flexibility index (Phi) is 12.0. The Bertz CT molecular complexity index is 640. The molecule has 0 amide bonds. The lowest BCUT2D eigenvalue weighted by atomic mass is 10.1. The third-order valence-corrected chi connectivity index (χ3v) is 3.43. The van der Waals surface area contributed by atoms with Gasteiger partial charge in [-0.15, -0.1) is 11.8 Å². The fourth-order valence-corrected chi connectivity index (χ4v) is 2.07. The number of hydrogen-bond acceptors (Lipinski definition) is 4. The average Bonchev–Trinajstić information content (AvgIpc) is 3.12. The van der Waals surface area contributed by atoms with E-state index in [1.165, 1.54) is 12.0 Å². The molecule has 0 fully saturated rings. The number of allylic oxidation sites excluding steroid dienone is 5. The average molecular weight is 345 g/mol. The van der Waals surface area contributed by atoms with Crippen LogP contribution in [0.5, 0.6) is 0 Å². The van der Waals surface area contributed by atoms with Crippen LogP contribution in [0.4, 0.5) is 5.69 Å². The second-order valence-corrected chi connectivity index (χ2v) is 5.54. The molecule has 1 heterocycles. The lowest BCUT2D eigenvalue weighted by Gasteiger charge is -2.03. The van der Waals surface area contributed by atoms with Gasteiger partial charge in [-0.3, -0.25) is 0 Å². The summed E-state index contributed by atoms with van der Waals surface area (Å²) in [6.07, 6.45) is 12.8. The molecule has 0 aliphatic rings. The molecular weight excluding hydrogens is 316 g/mol. The number of aromatic nitrogens is 1. The molecule has 3 nitrogen and oxygen atoms in total. The molecule has 0 aliphatic heterocycles. The molecule has 0 spiro atoms. The van der Waals surface area contributed by atoms with Crippen molar-refractivity contribution in [2.75, 3.05) is 12.0 Å². The van der Waals surface area contributed by atoms with Gasteiger partial charge in [-0.2, -0.15) is 0 Å². The van der Waals surface area contributed by atoms with Crippen molar-refractivity contribution in [3.63, 3.8) is 0 Å². The van der Waals surface area contributed by atoms with E-state index in [0.717, 1.165) is 21.9 Å². The van der Waals surface area contributed by atoms with Gasteiger partial charge in [0.15, 0.2) is 12.2 Å². The minimum absolute atomic E-state index is 0.740. The van der Waals surface area contributed by atoms with E-state index >= 15 is 0 Å². The maximum absolute atomic E-state index is 5.86. The van der Waals surface area contributed by atoms with Crippen LogP contribution >= 0.6 is 11.8 Å². The van der Waals surface area contributed by atoms with Crippen LogP contribution in [0.15, 0.2) is 76.6 Å². The molecular formula is C20H28N2OS. The van der Waals surface area contributed by atoms with Gasteiger partial charge in [-0.1, -0.05) is 50.3 Å². The van der Waals surface area contributed by atoms with Crippen LogP contribution < -0.4 is 5.73 Å². The minimum atomic E-state index is 0.740. The molecule has 0 saturated heterocycles. The Hall–Kier alpha value is -2.20. The van der Waals surface area contributed by atoms with Crippen molar-refractivity contribution in [1.82, 2.24) is 4.98 Å². The molecule has 0 bridgehead atoms. The number of hydrogen-bond donors (Lipinski definition) is 1. The predicted molar refractivity (Wildman–Crippen MR) is 108 cm³/mol. The topological polar surface area (TPSA) is 52.0 Å². The second kappa shape index (κ2) is 13.3. The first-order valence-electron chi connectivity index (χ1n) is 7.83. The maximum Gasteiger partial charge on any atom is 0.181 e. The molecule has 0 unspecified atom stereocenters. The molecule has 0 radical (unpaired) electrons. The summed E-state index contributed by atoms with van der Waals surface area (Å²) in [7, 11) is 0. The van der Waals surface area contributed by atoms with E-state index in [2.05, 4.69) is 25.4 Å². The van der Waals surface area contributed by atoms with Gasteiger partial charge in [0, 0.05) is 16.1 Å². The summed E-state index contributed by atoms with van der Waals surface area (Å²) in [6.45, 7) is 11.7. The lowest BCUT2D eigenvalue weighted by molar-refractivity contribution is 0.572. The Morgan fingerprint density at radius 1 is 1.25 bits per heavy atom. The number of thioether (sulfide) groups is 1. The molecule has 24 heavy (non-hydrogen) atoms. The van der Waals surface area contributed by atoms with E-state index in [9.17, 15) is 0 Å². The molecule has 0 aliphatic carbocycles. The van der Waals surface area contributed by atoms with Gasteiger partial charge in [0.1, 0.15) is 0 Å². The minimum Gasteiger partial charge on any atom is -0.444 e. The summed E-state index contributed by atoms with van der Waals surface area (Å²) in [5, 5.41) is 0. The fourth-order valence-electron chi connectivity index (χ4n) is 1.57. The fraction of sp³-hybridized carbons (Fsp3) is 0.250. The predicted octanol–water partition coefficient (Wildman–Crippen LogP) is 6.37. The second-order valence-electron chi connectivity index (χ2n) is 4.69. The molecule has 1 aromatic carbocycles. The molecule has 1 aromatic heterocycles. The van der Waals surface area contributed by atoms with Gasteiger partial charge in [0.05, 0.1) is 6.20 Å². The van der Waals surface area contributed by atoms with E-state index in [-0.39, 0.29) is 0 Å². The van der Waals surface area contributed by atoms with Crippen molar-refractivity contribution < 1.29 is 4.42 Å². The Balaban J connectivity index is 0.000000456. The normalized spacial score (nSPS) is 9.38. The number of anilines is 1. The Morgan fingerprint density at radius 2 is 1.96 bits per heavy atom. The summed E-state index contributed by atoms with van der Waals surface area (Å²) < 4.78 is 5.17. The summed E-state index contributed by atoms with van der Waals surface area (Å²) in [5.41, 5.74) is 8.89. The van der Waals surface area contributed by atoms with Crippen molar-refractivity contribution in [2.24, 2.45) is 0 Å². The molecule has 2 rings (SSSR count). The van der Waals surface area contributed by atoms with Crippen LogP contribution in [0, 0.1) is 0 Å². The first-order valence-corrected chi connectivity index (χ1v) is 9.06. The van der Waals surface area contributed by atoms with Gasteiger partial charge < -0.3 is 10.2 Å². The van der Waals surface area contributed by atoms with Crippen LogP contribution in [0.1, 0.15) is 27.7 Å². The molecule has 130 valence electrons. The number of nitrogens with zero attached hydrogens (tertiary/aromatic N) is 1. The maximum atomic E-state index is 5.86. The van der Waals surface area contributed by atoms with Gasteiger partial charge in [-0.05, 0) is 38.3 Å². The van der Waals surface area contributed by atoms with Crippen LogP contribution in [-0.4, -0.2) is 11.2 Å². The number of oxazole rings is 1. The van der Waals surface area contributed by atoms with Crippen molar-refractivity contribution in [3.05, 3.63) is 67.2 Å². The highest BCUT2D eigenvalue weighted by Crippen LogP contribution is 2.28. The molecule has 0 saturated carbocycles. The molecule has 2 aromatic rings. The van der Waals surface area contributed by atoms with Crippen molar-refractivity contribution in [2.45, 2.75) is 32.6 Å². The zero-order chi connectivity index (χ0) is 18.4. The van der Waals surface area contributed by atoms with Gasteiger partial charge >= 0.3 is 0 Å². The third-order valence-electron chi connectivity index (χ3n) is 2.62. The van der Waals surface area contributed by atoms with Gasteiger partial charge in [0.2, 0.25) is 0 Å². The SMILES string of the molecule is C=C/C=C\C=C(C)C.CC.CSc1ccc(-c2cnco2)cc1N. The van der Waals surface area contributed by atoms with Crippen LogP contribution in [0.3, 0.4) is 0 Å². The lowest BCUT2D eigenvalue weighted by Crippen LogP contribution is -1.88. The van der Waals surface area contributed by atoms with Gasteiger partial charge in [0.25, 0.3) is 0 Å². The van der Waals surface area contributed by atoms with Crippen molar-refractivity contribution in [3.8, 4) is 11.3 Å². The number of nitrogens with two attached hydrogens (primary N) is 1. The van der Waals surface area contributed by atoms with E-state index in [1.807, 2.05) is 56.5 Å². The summed E-state index contributed by atoms with van der Waals surface area (Å²) >= 11 is 1.63. The number of benzene rings is 1. The highest BCUT2D eigenvalue weighted by atomic mass is 32.2. The number of nitrogen functional groups attached to an aromatic ring is 1. The van der Waals surface area contributed by atoms with E-state index in [1.54, 1.807) is 24.0 Å². The largest absolute Gasteiger partial charge is 0.444 e. The van der Waals surface area contributed by atoms with Crippen molar-refractivity contribution >= 4 is 17.4 Å². The quantitative estimate of drug-likeness (QED) is 0.398. The van der Waals surface area contributed by atoms with E-state index in [0.29, 0.717) is 0 Å². The highest BCUT2D eigenvalue weighted by Gasteiger charge is 2.04. The summed E-state index contributed by atoms with van der Waals surface area (Å²) in [5.74, 6) is 0.740. The standard InChI is InChI=1S/C10H10N2OS.C8H12.C2H6/c1-14-10-3-2-7(4-8(10)11)9-5-12-6-13-9;1-4-5-6-7-8(2)3;1-2/h2-6H,11H2,1H3;4-7H,1H2,2-3H3;1-2H3/b;6-5-;. The van der Waals surface area contributed by atoms with Crippen LogP contribution in [0.2, 0.25) is 0 Å². The highest BCUT2D eigenvalue weighted by molar-refractivity contribution is 7.98. The summed E-state index contributed by atoms with van der Waals surface area (Å²) in [6, 6.07) is 5.85. The van der Waals surface area contributed by atoms with Crippen LogP contribution in [0.25, 0.3) is 11.3 Å². The van der Waals surface area contributed by atoms with Crippen molar-refractivity contribution in [1.29, 1.82) is 0 Å². The Labute approximate surface area is 150 Å².